The van der Waals surface area contributed by atoms with E-state index >= 15 is 0 Å². The lowest BCUT2D eigenvalue weighted by Crippen LogP contribution is -2.56. The molecule has 0 radical (unpaired) electrons. The van der Waals surface area contributed by atoms with Gasteiger partial charge in [-0.05, 0) is 31.5 Å². The molecule has 1 rings (SSSR count). The smallest absolute Gasteiger partial charge is 0.320 e. The zero-order valence-electron chi connectivity index (χ0n) is 10.8. The summed E-state index contributed by atoms with van der Waals surface area (Å²) >= 11 is 5.82. The van der Waals surface area contributed by atoms with Crippen LogP contribution in [0.5, 0.6) is 0 Å². The molecule has 6 nitrogen and oxygen atoms in total. The van der Waals surface area contributed by atoms with E-state index in [1.165, 1.54) is 0 Å². The molecule has 1 atom stereocenters. The van der Waals surface area contributed by atoms with E-state index in [0.29, 0.717) is 17.1 Å². The molecule has 0 fully saturated rings. The molecule has 1 aromatic carbocycles. The van der Waals surface area contributed by atoms with Crippen molar-refractivity contribution in [2.24, 2.45) is 10.9 Å². The monoisotopic (exact) mass is 284 g/mol. The molecule has 5 N–H and O–H groups in total. The van der Waals surface area contributed by atoms with Gasteiger partial charge in [0.1, 0.15) is 0 Å². The van der Waals surface area contributed by atoms with Crippen molar-refractivity contribution >= 4 is 29.2 Å². The molecule has 0 spiro atoms. The average Bonchev–Trinajstić information content (AvgIpc) is 2.37. The van der Waals surface area contributed by atoms with Crippen molar-refractivity contribution in [1.29, 1.82) is 0 Å². The number of hydrogen-bond donors (Lipinski definition) is 4. The lowest BCUT2D eigenvalue weighted by Gasteiger charge is -2.28. The van der Waals surface area contributed by atoms with Crippen molar-refractivity contribution in [2.45, 2.75) is 25.8 Å². The summed E-state index contributed by atoms with van der Waals surface area (Å²) in [5.41, 5.74) is 5.20. The maximum absolute atomic E-state index is 11.9. The number of carbonyl (C=O) groups is 1. The van der Waals surface area contributed by atoms with E-state index in [4.69, 9.17) is 22.5 Å². The second-order valence-corrected chi connectivity index (χ2v) is 4.70. The van der Waals surface area contributed by atoms with Crippen molar-refractivity contribution in [2.75, 3.05) is 5.32 Å². The molecule has 1 unspecified atom stereocenters. The first-order valence-corrected chi connectivity index (χ1v) is 6.12. The van der Waals surface area contributed by atoms with Gasteiger partial charge in [-0.3, -0.25) is 0 Å². The molecule has 0 aliphatic rings. The van der Waals surface area contributed by atoms with E-state index in [-0.39, 0.29) is 5.84 Å². The van der Waals surface area contributed by atoms with Crippen LogP contribution in [0.2, 0.25) is 5.02 Å². The standard InChI is InChI=1S/C12H17ClN4O2/c1-3-12(2,10(14)17-19)16-11(18)15-9-6-4-5-8(13)7-9/h4-7,19H,3H2,1-2H3,(H2,14,17)(H2,15,16,18). The highest BCUT2D eigenvalue weighted by Crippen LogP contribution is 2.15. The maximum atomic E-state index is 11.9. The third kappa shape index (κ3) is 4.03. The Morgan fingerprint density at radius 3 is 2.79 bits per heavy atom. The third-order valence-electron chi connectivity index (χ3n) is 2.85. The van der Waals surface area contributed by atoms with Crippen LogP contribution in [0.4, 0.5) is 10.5 Å². The van der Waals surface area contributed by atoms with Gasteiger partial charge in [-0.15, -0.1) is 0 Å². The number of carbonyl (C=O) groups excluding carboxylic acids is 1. The summed E-state index contributed by atoms with van der Waals surface area (Å²) in [6.07, 6.45) is 0.478. The second-order valence-electron chi connectivity index (χ2n) is 4.26. The molecule has 0 aliphatic heterocycles. The lowest BCUT2D eigenvalue weighted by molar-refractivity contribution is 0.244. The summed E-state index contributed by atoms with van der Waals surface area (Å²) < 4.78 is 0. The van der Waals surface area contributed by atoms with Crippen LogP contribution in [0.25, 0.3) is 0 Å². The number of amides is 2. The van der Waals surface area contributed by atoms with Gasteiger partial charge in [0.2, 0.25) is 0 Å². The van der Waals surface area contributed by atoms with E-state index in [1.54, 1.807) is 31.2 Å². The van der Waals surface area contributed by atoms with E-state index in [0.717, 1.165) is 0 Å². The van der Waals surface area contributed by atoms with E-state index in [1.807, 2.05) is 6.92 Å². The molecule has 1 aromatic rings. The first-order valence-electron chi connectivity index (χ1n) is 5.74. The number of nitrogens with one attached hydrogen (secondary N) is 2. The van der Waals surface area contributed by atoms with E-state index in [2.05, 4.69) is 15.8 Å². The van der Waals surface area contributed by atoms with Crippen LogP contribution in [0.15, 0.2) is 29.4 Å². The van der Waals surface area contributed by atoms with Crippen LogP contribution < -0.4 is 16.4 Å². The Balaban J connectivity index is 2.74. The SMILES string of the molecule is CCC(C)(NC(=O)Nc1cccc(Cl)c1)/C(N)=N/O. The van der Waals surface area contributed by atoms with Gasteiger partial charge < -0.3 is 21.6 Å². The van der Waals surface area contributed by atoms with Crippen molar-refractivity contribution in [1.82, 2.24) is 5.32 Å². The molecular formula is C12H17ClN4O2. The number of hydrogen-bond acceptors (Lipinski definition) is 3. The molecule has 7 heteroatoms. The number of benzene rings is 1. The van der Waals surface area contributed by atoms with Crippen molar-refractivity contribution in [3.8, 4) is 0 Å². The summed E-state index contributed by atoms with van der Waals surface area (Å²) in [5, 5.41) is 17.4. The summed E-state index contributed by atoms with van der Waals surface area (Å²) in [6.45, 7) is 3.48. The zero-order valence-corrected chi connectivity index (χ0v) is 11.5. The van der Waals surface area contributed by atoms with Crippen LogP contribution in [0.1, 0.15) is 20.3 Å². The highest BCUT2D eigenvalue weighted by molar-refractivity contribution is 6.30. The number of amidine groups is 1. The Morgan fingerprint density at radius 2 is 2.26 bits per heavy atom. The van der Waals surface area contributed by atoms with Gasteiger partial charge in [0, 0.05) is 10.7 Å². The number of urea groups is 1. The van der Waals surface area contributed by atoms with E-state index in [9.17, 15) is 4.79 Å². The fraction of sp³-hybridized carbons (Fsp3) is 0.333. The highest BCUT2D eigenvalue weighted by atomic mass is 35.5. The van der Waals surface area contributed by atoms with Crippen LogP contribution in [-0.2, 0) is 0 Å². The number of nitrogens with two attached hydrogens (primary N) is 1. The van der Waals surface area contributed by atoms with Gasteiger partial charge >= 0.3 is 6.03 Å². The average molecular weight is 285 g/mol. The van der Waals surface area contributed by atoms with Gasteiger partial charge in [-0.2, -0.15) is 0 Å². The predicted molar refractivity (Wildman–Crippen MR) is 75.7 cm³/mol. The van der Waals surface area contributed by atoms with Crippen LogP contribution in [0, 0.1) is 0 Å². The minimum absolute atomic E-state index is 0.0590. The van der Waals surface area contributed by atoms with Gasteiger partial charge in [0.25, 0.3) is 0 Å². The van der Waals surface area contributed by atoms with Crippen molar-refractivity contribution < 1.29 is 10.0 Å². The molecule has 2 amide bonds. The zero-order chi connectivity index (χ0) is 14.5. The summed E-state index contributed by atoms with van der Waals surface area (Å²) in [5.74, 6) is -0.0590. The fourth-order valence-electron chi connectivity index (χ4n) is 1.42. The first kappa shape index (κ1) is 15.1. The Kier molecular flexibility index (Phi) is 5.00. The number of oxime groups is 1. The minimum atomic E-state index is -0.919. The minimum Gasteiger partial charge on any atom is -0.409 e. The normalized spacial score (nSPS) is 14.6. The quantitative estimate of drug-likeness (QED) is 0.295. The Hall–Kier alpha value is -1.95. The highest BCUT2D eigenvalue weighted by Gasteiger charge is 2.29. The molecule has 0 heterocycles. The number of anilines is 1. The van der Waals surface area contributed by atoms with Crippen molar-refractivity contribution in [3.63, 3.8) is 0 Å². The van der Waals surface area contributed by atoms with Gasteiger partial charge in [0.05, 0.1) is 5.54 Å². The topological polar surface area (TPSA) is 99.7 Å². The molecule has 104 valence electrons. The molecule has 19 heavy (non-hydrogen) atoms. The van der Waals surface area contributed by atoms with Crippen LogP contribution in [0.3, 0.4) is 0 Å². The summed E-state index contributed by atoms with van der Waals surface area (Å²) in [7, 11) is 0. The van der Waals surface area contributed by atoms with E-state index < -0.39 is 11.6 Å². The largest absolute Gasteiger partial charge is 0.409 e. The van der Waals surface area contributed by atoms with Crippen LogP contribution >= 0.6 is 11.6 Å². The molecule has 0 aromatic heterocycles. The molecule has 0 saturated carbocycles. The Bertz CT molecular complexity index is 492. The predicted octanol–water partition coefficient (Wildman–Crippen LogP) is 2.38. The molecule has 0 aliphatic carbocycles. The third-order valence-corrected chi connectivity index (χ3v) is 3.09. The summed E-state index contributed by atoms with van der Waals surface area (Å²) in [4.78, 5) is 11.9. The fourth-order valence-corrected chi connectivity index (χ4v) is 1.61. The molecular weight excluding hydrogens is 268 g/mol. The second kappa shape index (κ2) is 6.29. The van der Waals surface area contributed by atoms with Gasteiger partial charge in [0.15, 0.2) is 5.84 Å². The number of rotatable bonds is 4. The van der Waals surface area contributed by atoms with Gasteiger partial charge in [-0.1, -0.05) is 29.7 Å². The Morgan fingerprint density at radius 1 is 1.58 bits per heavy atom. The first-order chi connectivity index (χ1) is 8.91. The maximum Gasteiger partial charge on any atom is 0.320 e. The molecule has 0 bridgehead atoms. The van der Waals surface area contributed by atoms with Crippen molar-refractivity contribution in [3.05, 3.63) is 29.3 Å². The number of nitrogens with zero attached hydrogens (tertiary/aromatic N) is 1. The van der Waals surface area contributed by atoms with Gasteiger partial charge in [-0.25, -0.2) is 4.79 Å². The molecule has 0 saturated heterocycles. The lowest BCUT2D eigenvalue weighted by atomic mass is 9.98. The van der Waals surface area contributed by atoms with Crippen LogP contribution in [-0.4, -0.2) is 22.6 Å². The Labute approximate surface area is 116 Å². The number of halogens is 1. The summed E-state index contributed by atoms with van der Waals surface area (Å²) in [6, 6.07) is 6.29.